The standard InChI is InChI=1S/C14H22N4O/c1-3-4-9-18(2)12-7-8-13(15-10-12)17-14(19)16-11-5-6-11/h7-8,10-11H,3-6,9H2,1-2H3,(H2,15,16,17,19). The molecular formula is C14H22N4O. The highest BCUT2D eigenvalue weighted by Gasteiger charge is 2.23. The van der Waals surface area contributed by atoms with Crippen LogP contribution in [0.3, 0.4) is 0 Å². The Bertz CT molecular complexity index is 414. The van der Waals surface area contributed by atoms with E-state index in [1.165, 1.54) is 12.8 Å². The summed E-state index contributed by atoms with van der Waals surface area (Å²) in [5.74, 6) is 0.589. The number of hydrogen-bond donors (Lipinski definition) is 2. The summed E-state index contributed by atoms with van der Waals surface area (Å²) in [5.41, 5.74) is 1.07. The van der Waals surface area contributed by atoms with E-state index < -0.39 is 0 Å². The van der Waals surface area contributed by atoms with Gasteiger partial charge in [0.05, 0.1) is 11.9 Å². The Kier molecular flexibility index (Phi) is 4.60. The first-order chi connectivity index (χ1) is 9.19. The fourth-order valence-electron chi connectivity index (χ4n) is 1.78. The largest absolute Gasteiger partial charge is 0.373 e. The number of carbonyl (C=O) groups is 1. The van der Waals surface area contributed by atoms with Crippen molar-refractivity contribution in [1.29, 1.82) is 0 Å². The van der Waals surface area contributed by atoms with E-state index >= 15 is 0 Å². The second kappa shape index (κ2) is 6.41. The number of rotatable bonds is 6. The Balaban J connectivity index is 1.84. The third kappa shape index (κ3) is 4.43. The molecule has 0 spiro atoms. The molecule has 0 radical (unpaired) electrons. The van der Waals surface area contributed by atoms with Gasteiger partial charge in [0, 0.05) is 19.6 Å². The maximum Gasteiger partial charge on any atom is 0.320 e. The highest BCUT2D eigenvalue weighted by atomic mass is 16.2. The van der Waals surface area contributed by atoms with Gasteiger partial charge in [0.2, 0.25) is 0 Å². The zero-order valence-corrected chi connectivity index (χ0v) is 11.6. The summed E-state index contributed by atoms with van der Waals surface area (Å²) in [6.45, 7) is 3.20. The Morgan fingerprint density at radius 2 is 2.26 bits per heavy atom. The number of nitrogens with one attached hydrogen (secondary N) is 2. The third-order valence-electron chi connectivity index (χ3n) is 3.19. The molecule has 1 heterocycles. The second-order valence-corrected chi connectivity index (χ2v) is 5.05. The summed E-state index contributed by atoms with van der Waals surface area (Å²) in [7, 11) is 2.06. The van der Waals surface area contributed by atoms with Crippen molar-refractivity contribution in [2.45, 2.75) is 38.6 Å². The summed E-state index contributed by atoms with van der Waals surface area (Å²) in [6, 6.07) is 4.01. The van der Waals surface area contributed by atoms with Gasteiger partial charge in [0.1, 0.15) is 5.82 Å². The van der Waals surface area contributed by atoms with Gasteiger partial charge in [-0.3, -0.25) is 5.32 Å². The number of anilines is 2. The molecule has 0 bridgehead atoms. The Hall–Kier alpha value is -1.78. The molecule has 0 saturated heterocycles. The van der Waals surface area contributed by atoms with E-state index in [-0.39, 0.29) is 6.03 Å². The molecule has 0 aliphatic heterocycles. The van der Waals surface area contributed by atoms with Crippen LogP contribution in [0.1, 0.15) is 32.6 Å². The summed E-state index contributed by atoms with van der Waals surface area (Å²) in [4.78, 5) is 18.0. The number of carbonyl (C=O) groups excluding carboxylic acids is 1. The average Bonchev–Trinajstić information content (AvgIpc) is 3.20. The molecule has 2 amide bonds. The van der Waals surface area contributed by atoms with Gasteiger partial charge in [0.15, 0.2) is 0 Å². The van der Waals surface area contributed by atoms with Crippen molar-refractivity contribution in [1.82, 2.24) is 10.3 Å². The molecule has 104 valence electrons. The Labute approximate surface area is 114 Å². The third-order valence-corrected chi connectivity index (χ3v) is 3.19. The first-order valence-electron chi connectivity index (χ1n) is 6.93. The summed E-state index contributed by atoms with van der Waals surface area (Å²) >= 11 is 0. The van der Waals surface area contributed by atoms with Crippen LogP contribution in [0.4, 0.5) is 16.3 Å². The highest BCUT2D eigenvalue weighted by molar-refractivity contribution is 5.88. The maximum atomic E-state index is 11.6. The molecule has 1 aromatic rings. The van der Waals surface area contributed by atoms with E-state index in [1.807, 2.05) is 12.1 Å². The molecule has 1 aliphatic carbocycles. The quantitative estimate of drug-likeness (QED) is 0.828. The van der Waals surface area contributed by atoms with E-state index in [9.17, 15) is 4.79 Å². The molecule has 19 heavy (non-hydrogen) atoms. The van der Waals surface area contributed by atoms with Crippen molar-refractivity contribution in [3.05, 3.63) is 18.3 Å². The van der Waals surface area contributed by atoms with Crippen molar-refractivity contribution in [3.8, 4) is 0 Å². The lowest BCUT2D eigenvalue weighted by molar-refractivity contribution is 0.251. The fraction of sp³-hybridized carbons (Fsp3) is 0.571. The first-order valence-corrected chi connectivity index (χ1v) is 6.93. The van der Waals surface area contributed by atoms with Crippen molar-refractivity contribution < 1.29 is 4.79 Å². The molecule has 2 rings (SSSR count). The van der Waals surface area contributed by atoms with Crippen molar-refractivity contribution in [3.63, 3.8) is 0 Å². The number of pyridine rings is 1. The molecule has 2 N–H and O–H groups in total. The first kappa shape index (κ1) is 13.6. The number of hydrogen-bond acceptors (Lipinski definition) is 3. The van der Waals surface area contributed by atoms with Crippen molar-refractivity contribution >= 4 is 17.5 Å². The minimum atomic E-state index is -0.165. The zero-order valence-electron chi connectivity index (χ0n) is 11.6. The number of unbranched alkanes of at least 4 members (excludes halogenated alkanes) is 1. The predicted molar refractivity (Wildman–Crippen MR) is 77.6 cm³/mol. The van der Waals surface area contributed by atoms with E-state index in [4.69, 9.17) is 0 Å². The van der Waals surface area contributed by atoms with Crippen LogP contribution in [-0.2, 0) is 0 Å². The Morgan fingerprint density at radius 3 is 2.84 bits per heavy atom. The van der Waals surface area contributed by atoms with Gasteiger partial charge in [-0.25, -0.2) is 9.78 Å². The van der Waals surface area contributed by atoms with Gasteiger partial charge in [-0.05, 0) is 31.4 Å². The summed E-state index contributed by atoms with van der Waals surface area (Å²) < 4.78 is 0. The topological polar surface area (TPSA) is 57.3 Å². The van der Waals surface area contributed by atoms with Crippen LogP contribution in [0.15, 0.2) is 18.3 Å². The van der Waals surface area contributed by atoms with Crippen molar-refractivity contribution in [2.24, 2.45) is 0 Å². The number of urea groups is 1. The van der Waals surface area contributed by atoms with Crippen LogP contribution in [0.25, 0.3) is 0 Å². The van der Waals surface area contributed by atoms with Gasteiger partial charge >= 0.3 is 6.03 Å². The van der Waals surface area contributed by atoms with Gasteiger partial charge < -0.3 is 10.2 Å². The number of nitrogens with zero attached hydrogens (tertiary/aromatic N) is 2. The zero-order chi connectivity index (χ0) is 13.7. The van der Waals surface area contributed by atoms with Crippen molar-refractivity contribution in [2.75, 3.05) is 23.8 Å². The monoisotopic (exact) mass is 262 g/mol. The van der Waals surface area contributed by atoms with Crippen LogP contribution < -0.4 is 15.5 Å². The molecule has 1 aromatic heterocycles. The Morgan fingerprint density at radius 1 is 1.47 bits per heavy atom. The normalized spacial score (nSPS) is 14.0. The van der Waals surface area contributed by atoms with Gasteiger partial charge in [0.25, 0.3) is 0 Å². The maximum absolute atomic E-state index is 11.6. The van der Waals surface area contributed by atoms with Gasteiger partial charge in [-0.15, -0.1) is 0 Å². The van der Waals surface area contributed by atoms with Crippen LogP contribution in [-0.4, -0.2) is 30.6 Å². The SMILES string of the molecule is CCCCN(C)c1ccc(NC(=O)NC2CC2)nc1. The number of aromatic nitrogens is 1. The molecule has 0 atom stereocenters. The van der Waals surface area contributed by atoms with E-state index in [2.05, 4.69) is 34.5 Å². The van der Waals surface area contributed by atoms with Gasteiger partial charge in [-0.2, -0.15) is 0 Å². The van der Waals surface area contributed by atoms with Gasteiger partial charge in [-0.1, -0.05) is 13.3 Å². The van der Waals surface area contributed by atoms with E-state index in [0.717, 1.165) is 25.1 Å². The minimum absolute atomic E-state index is 0.165. The summed E-state index contributed by atoms with van der Waals surface area (Å²) in [6.07, 6.45) is 6.31. The lowest BCUT2D eigenvalue weighted by Gasteiger charge is -2.18. The van der Waals surface area contributed by atoms with Crippen LogP contribution >= 0.6 is 0 Å². The van der Waals surface area contributed by atoms with Crippen LogP contribution in [0, 0.1) is 0 Å². The molecule has 1 fully saturated rings. The molecule has 1 aliphatic rings. The molecule has 5 heteroatoms. The molecule has 1 saturated carbocycles. The minimum Gasteiger partial charge on any atom is -0.373 e. The number of amides is 2. The predicted octanol–water partition coefficient (Wildman–Crippen LogP) is 2.60. The lowest BCUT2D eigenvalue weighted by atomic mass is 10.3. The fourth-order valence-corrected chi connectivity index (χ4v) is 1.78. The van der Waals surface area contributed by atoms with E-state index in [1.54, 1.807) is 6.20 Å². The molecule has 0 aromatic carbocycles. The summed E-state index contributed by atoms with van der Waals surface area (Å²) in [5, 5.41) is 5.61. The molecule has 5 nitrogen and oxygen atoms in total. The van der Waals surface area contributed by atoms with Crippen LogP contribution in [0.2, 0.25) is 0 Å². The molecule has 0 unspecified atom stereocenters. The van der Waals surface area contributed by atoms with E-state index in [0.29, 0.717) is 11.9 Å². The smallest absolute Gasteiger partial charge is 0.320 e. The second-order valence-electron chi connectivity index (χ2n) is 5.05. The lowest BCUT2D eigenvalue weighted by Crippen LogP contribution is -2.30. The molecular weight excluding hydrogens is 240 g/mol. The highest BCUT2D eigenvalue weighted by Crippen LogP contribution is 2.19. The van der Waals surface area contributed by atoms with Crippen LogP contribution in [0.5, 0.6) is 0 Å². The average molecular weight is 262 g/mol.